The molecule has 1 aromatic rings. The van der Waals surface area contributed by atoms with Crippen molar-refractivity contribution in [3.8, 4) is 0 Å². The van der Waals surface area contributed by atoms with Crippen molar-refractivity contribution < 1.29 is 9.90 Å². The molecule has 0 aliphatic carbocycles. The number of aryl methyl sites for hydroxylation is 1. The van der Waals surface area contributed by atoms with Gasteiger partial charge in [-0.15, -0.1) is 0 Å². The van der Waals surface area contributed by atoms with E-state index in [0.717, 1.165) is 12.8 Å². The predicted octanol–water partition coefficient (Wildman–Crippen LogP) is 2.59. The first-order valence-corrected chi connectivity index (χ1v) is 7.26. The Morgan fingerprint density at radius 1 is 1.50 bits per heavy atom. The van der Waals surface area contributed by atoms with E-state index in [-0.39, 0.29) is 24.0 Å². The smallest absolute Gasteiger partial charge is 0.220 e. The minimum Gasteiger partial charge on any atom is -0.394 e. The van der Waals surface area contributed by atoms with Gasteiger partial charge >= 0.3 is 0 Å². The molecule has 0 aromatic carbocycles. The number of rotatable bonds is 6. The van der Waals surface area contributed by atoms with Crippen LogP contribution in [0.15, 0.2) is 16.8 Å². The molecule has 1 unspecified atom stereocenters. The molecule has 102 valence electrons. The third-order valence-electron chi connectivity index (χ3n) is 2.67. The van der Waals surface area contributed by atoms with Crippen molar-refractivity contribution in [3.63, 3.8) is 0 Å². The van der Waals surface area contributed by atoms with E-state index in [1.807, 2.05) is 11.4 Å². The lowest BCUT2D eigenvalue weighted by Gasteiger charge is -2.25. The lowest BCUT2D eigenvalue weighted by atomic mass is 9.88. The highest BCUT2D eigenvalue weighted by molar-refractivity contribution is 7.07. The molecule has 1 amide bonds. The van der Waals surface area contributed by atoms with Crippen LogP contribution < -0.4 is 5.32 Å². The van der Waals surface area contributed by atoms with Gasteiger partial charge in [0.05, 0.1) is 12.6 Å². The Kier molecular flexibility index (Phi) is 5.82. The van der Waals surface area contributed by atoms with Crippen LogP contribution in [0.25, 0.3) is 0 Å². The van der Waals surface area contributed by atoms with Crippen molar-refractivity contribution in [3.05, 3.63) is 22.4 Å². The summed E-state index contributed by atoms with van der Waals surface area (Å²) < 4.78 is 0. The molecule has 1 rings (SSSR count). The molecule has 0 saturated carbocycles. The van der Waals surface area contributed by atoms with Crippen molar-refractivity contribution >= 4 is 17.2 Å². The number of hydrogen-bond acceptors (Lipinski definition) is 3. The van der Waals surface area contributed by atoms with Gasteiger partial charge in [-0.3, -0.25) is 4.79 Å². The molecule has 0 aliphatic heterocycles. The first-order valence-electron chi connectivity index (χ1n) is 6.32. The molecule has 0 aliphatic rings. The summed E-state index contributed by atoms with van der Waals surface area (Å²) in [7, 11) is 0. The van der Waals surface area contributed by atoms with Crippen LogP contribution in [0.2, 0.25) is 0 Å². The van der Waals surface area contributed by atoms with Crippen molar-refractivity contribution in [2.45, 2.75) is 46.1 Å². The lowest BCUT2D eigenvalue weighted by molar-refractivity contribution is -0.122. The molecule has 1 aromatic heterocycles. The molecular formula is C14H23NO2S. The van der Waals surface area contributed by atoms with E-state index in [1.165, 1.54) is 5.56 Å². The third-order valence-corrected chi connectivity index (χ3v) is 3.40. The highest BCUT2D eigenvalue weighted by Crippen LogP contribution is 2.20. The average Bonchev–Trinajstić information content (AvgIpc) is 2.76. The first-order chi connectivity index (χ1) is 8.40. The molecule has 2 N–H and O–H groups in total. The molecule has 0 radical (unpaired) electrons. The molecule has 4 heteroatoms. The number of carbonyl (C=O) groups is 1. The number of aliphatic hydroxyl groups excluding tert-OH is 1. The maximum Gasteiger partial charge on any atom is 0.220 e. The van der Waals surface area contributed by atoms with Crippen molar-refractivity contribution in [2.24, 2.45) is 5.41 Å². The second kappa shape index (κ2) is 6.90. The second-order valence-electron chi connectivity index (χ2n) is 5.84. The largest absolute Gasteiger partial charge is 0.394 e. The van der Waals surface area contributed by atoms with E-state index in [9.17, 15) is 9.90 Å². The quantitative estimate of drug-likeness (QED) is 0.834. The summed E-state index contributed by atoms with van der Waals surface area (Å²) in [4.78, 5) is 11.8. The van der Waals surface area contributed by atoms with E-state index >= 15 is 0 Å². The first kappa shape index (κ1) is 15.2. The van der Waals surface area contributed by atoms with Crippen molar-refractivity contribution in [1.82, 2.24) is 5.32 Å². The van der Waals surface area contributed by atoms with E-state index in [1.54, 1.807) is 11.3 Å². The monoisotopic (exact) mass is 269 g/mol. The van der Waals surface area contributed by atoms with Gasteiger partial charge in [0, 0.05) is 6.42 Å². The van der Waals surface area contributed by atoms with Gasteiger partial charge in [0.1, 0.15) is 0 Å². The zero-order valence-electron chi connectivity index (χ0n) is 11.4. The number of amides is 1. The summed E-state index contributed by atoms with van der Waals surface area (Å²) in [5.74, 6) is 0.0181. The summed E-state index contributed by atoms with van der Waals surface area (Å²) >= 11 is 1.65. The number of nitrogens with one attached hydrogen (secondary N) is 1. The molecule has 3 nitrogen and oxygen atoms in total. The maximum atomic E-state index is 11.8. The highest BCUT2D eigenvalue weighted by atomic mass is 32.1. The molecule has 18 heavy (non-hydrogen) atoms. The Balaban J connectivity index is 2.33. The molecule has 1 atom stereocenters. The van der Waals surface area contributed by atoms with Crippen LogP contribution in [-0.2, 0) is 11.2 Å². The van der Waals surface area contributed by atoms with Gasteiger partial charge in [0.25, 0.3) is 0 Å². The lowest BCUT2D eigenvalue weighted by Crippen LogP contribution is -2.40. The van der Waals surface area contributed by atoms with E-state index in [4.69, 9.17) is 0 Å². The fourth-order valence-electron chi connectivity index (χ4n) is 1.89. The predicted molar refractivity (Wildman–Crippen MR) is 75.7 cm³/mol. The fourth-order valence-corrected chi connectivity index (χ4v) is 2.60. The Labute approximate surface area is 113 Å². The minimum atomic E-state index is -0.139. The van der Waals surface area contributed by atoms with Crippen LogP contribution >= 0.6 is 11.3 Å². The summed E-state index contributed by atoms with van der Waals surface area (Å²) in [6, 6.07) is 1.90. The molecule has 0 spiro atoms. The van der Waals surface area contributed by atoms with Gasteiger partial charge in [0.15, 0.2) is 0 Å². The SMILES string of the molecule is CC(C)(C)CC(CO)NC(=O)CCc1ccsc1. The Bertz CT molecular complexity index is 354. The summed E-state index contributed by atoms with van der Waals surface area (Å²) in [5, 5.41) is 16.3. The second-order valence-corrected chi connectivity index (χ2v) is 6.62. The highest BCUT2D eigenvalue weighted by Gasteiger charge is 2.19. The number of hydrogen-bond donors (Lipinski definition) is 2. The maximum absolute atomic E-state index is 11.8. The van der Waals surface area contributed by atoms with Gasteiger partial charge in [-0.05, 0) is 40.6 Å². The molecule has 0 saturated heterocycles. The zero-order valence-corrected chi connectivity index (χ0v) is 12.2. The van der Waals surface area contributed by atoms with Gasteiger partial charge in [-0.1, -0.05) is 20.8 Å². The Hall–Kier alpha value is -0.870. The van der Waals surface area contributed by atoms with E-state index in [0.29, 0.717) is 6.42 Å². The van der Waals surface area contributed by atoms with Gasteiger partial charge in [-0.2, -0.15) is 11.3 Å². The van der Waals surface area contributed by atoms with Crippen LogP contribution in [-0.4, -0.2) is 23.7 Å². The number of carbonyl (C=O) groups excluding carboxylic acids is 1. The van der Waals surface area contributed by atoms with E-state index in [2.05, 4.69) is 31.5 Å². The fraction of sp³-hybridized carbons (Fsp3) is 0.643. The molecule has 0 fully saturated rings. The average molecular weight is 269 g/mol. The standard InChI is InChI=1S/C14H23NO2S/c1-14(2,3)8-12(9-16)15-13(17)5-4-11-6-7-18-10-11/h6-7,10,12,16H,4-5,8-9H2,1-3H3,(H,15,17). The van der Waals surface area contributed by atoms with Crippen LogP contribution in [0, 0.1) is 5.41 Å². The van der Waals surface area contributed by atoms with Gasteiger partial charge in [-0.25, -0.2) is 0 Å². The third kappa shape index (κ3) is 6.17. The zero-order chi connectivity index (χ0) is 13.6. The van der Waals surface area contributed by atoms with Crippen molar-refractivity contribution in [1.29, 1.82) is 0 Å². The number of aliphatic hydroxyl groups is 1. The Morgan fingerprint density at radius 2 is 2.22 bits per heavy atom. The summed E-state index contributed by atoms with van der Waals surface area (Å²) in [6.45, 7) is 6.31. The van der Waals surface area contributed by atoms with Crippen molar-refractivity contribution in [2.75, 3.05) is 6.61 Å². The van der Waals surface area contributed by atoms with E-state index < -0.39 is 0 Å². The molecular weight excluding hydrogens is 246 g/mol. The number of thiophene rings is 1. The molecule has 0 bridgehead atoms. The minimum absolute atomic E-state index is 0.00145. The van der Waals surface area contributed by atoms with Crippen LogP contribution in [0.5, 0.6) is 0 Å². The Morgan fingerprint density at radius 3 is 2.72 bits per heavy atom. The van der Waals surface area contributed by atoms with Crippen LogP contribution in [0.4, 0.5) is 0 Å². The normalized spacial score (nSPS) is 13.3. The summed E-state index contributed by atoms with van der Waals surface area (Å²) in [6.07, 6.45) is 2.04. The van der Waals surface area contributed by atoms with Gasteiger partial charge in [0.2, 0.25) is 5.91 Å². The summed E-state index contributed by atoms with van der Waals surface area (Å²) in [5.41, 5.74) is 1.31. The van der Waals surface area contributed by atoms with Crippen LogP contribution in [0.3, 0.4) is 0 Å². The topological polar surface area (TPSA) is 49.3 Å². The van der Waals surface area contributed by atoms with Gasteiger partial charge < -0.3 is 10.4 Å². The molecule has 1 heterocycles. The van der Waals surface area contributed by atoms with Crippen LogP contribution in [0.1, 0.15) is 39.2 Å².